The van der Waals surface area contributed by atoms with Crippen LogP contribution in [0.2, 0.25) is 0 Å². The number of methoxy groups -OCH3 is 2. The molecular formula is C14H18O4. The molecule has 0 aliphatic heterocycles. The van der Waals surface area contributed by atoms with Gasteiger partial charge in [-0.2, -0.15) is 0 Å². The van der Waals surface area contributed by atoms with Crippen LogP contribution in [0.25, 0.3) is 5.57 Å². The van der Waals surface area contributed by atoms with Crippen molar-refractivity contribution in [3.63, 3.8) is 0 Å². The summed E-state index contributed by atoms with van der Waals surface area (Å²) in [6, 6.07) is 3.87. The summed E-state index contributed by atoms with van der Waals surface area (Å²) >= 11 is 0. The number of carboxylic acid groups (broad SMARTS) is 1. The van der Waals surface area contributed by atoms with Gasteiger partial charge < -0.3 is 14.6 Å². The minimum Gasteiger partial charge on any atom is -0.496 e. The van der Waals surface area contributed by atoms with Crippen molar-refractivity contribution in [3.05, 3.63) is 34.9 Å². The zero-order valence-corrected chi connectivity index (χ0v) is 11.1. The van der Waals surface area contributed by atoms with E-state index in [1.807, 2.05) is 26.0 Å². The highest BCUT2D eigenvalue weighted by Gasteiger charge is 2.13. The van der Waals surface area contributed by atoms with E-state index in [1.165, 1.54) is 7.11 Å². The molecule has 0 aliphatic rings. The average molecular weight is 250 g/mol. The van der Waals surface area contributed by atoms with Gasteiger partial charge in [-0.1, -0.05) is 6.07 Å². The van der Waals surface area contributed by atoms with Gasteiger partial charge in [0.15, 0.2) is 0 Å². The maximum atomic E-state index is 10.9. The van der Waals surface area contributed by atoms with Gasteiger partial charge in [-0.05, 0) is 36.6 Å². The molecule has 0 unspecified atom stereocenters. The van der Waals surface area contributed by atoms with E-state index in [0.717, 1.165) is 22.8 Å². The Labute approximate surface area is 107 Å². The van der Waals surface area contributed by atoms with Crippen molar-refractivity contribution in [3.8, 4) is 5.75 Å². The van der Waals surface area contributed by atoms with E-state index in [4.69, 9.17) is 14.6 Å². The normalized spacial score (nSPS) is 11.4. The second-order valence-corrected chi connectivity index (χ2v) is 4.10. The van der Waals surface area contributed by atoms with Crippen LogP contribution < -0.4 is 4.74 Å². The molecule has 1 aromatic carbocycles. The van der Waals surface area contributed by atoms with Gasteiger partial charge in [0.2, 0.25) is 0 Å². The van der Waals surface area contributed by atoms with Crippen molar-refractivity contribution >= 4 is 11.5 Å². The summed E-state index contributed by atoms with van der Waals surface area (Å²) in [6.07, 6.45) is 1.16. The van der Waals surface area contributed by atoms with Gasteiger partial charge in [-0.15, -0.1) is 0 Å². The predicted octanol–water partition coefficient (Wildman–Crippen LogP) is 2.43. The van der Waals surface area contributed by atoms with E-state index in [9.17, 15) is 4.79 Å². The van der Waals surface area contributed by atoms with E-state index in [0.29, 0.717) is 11.3 Å². The summed E-state index contributed by atoms with van der Waals surface area (Å²) in [5.74, 6) is -0.332. The summed E-state index contributed by atoms with van der Waals surface area (Å²) in [4.78, 5) is 10.9. The molecule has 0 saturated heterocycles. The lowest BCUT2D eigenvalue weighted by atomic mass is 9.97. The van der Waals surface area contributed by atoms with Crippen LogP contribution in [0.4, 0.5) is 0 Å². The van der Waals surface area contributed by atoms with Crippen molar-refractivity contribution in [2.45, 2.75) is 13.8 Å². The van der Waals surface area contributed by atoms with Gasteiger partial charge in [-0.3, -0.25) is 0 Å². The molecule has 0 fully saturated rings. The highest BCUT2D eigenvalue weighted by atomic mass is 16.5. The number of carbonyl (C=O) groups is 1. The number of carboxylic acids is 1. The first-order valence-corrected chi connectivity index (χ1v) is 5.57. The van der Waals surface area contributed by atoms with Crippen LogP contribution in [-0.2, 0) is 9.53 Å². The van der Waals surface area contributed by atoms with Gasteiger partial charge in [-0.25, -0.2) is 4.79 Å². The highest BCUT2D eigenvalue weighted by molar-refractivity contribution is 5.92. The Balaban J connectivity index is 3.40. The molecule has 98 valence electrons. The Hall–Kier alpha value is -1.81. The molecule has 1 aromatic rings. The van der Waals surface area contributed by atoms with Gasteiger partial charge in [0.1, 0.15) is 5.75 Å². The number of ether oxygens (including phenoxy) is 2. The second-order valence-electron chi connectivity index (χ2n) is 4.10. The SMILES string of the molecule is COC/C(=C\C(=O)O)c1c(C)cc(C)cc1OC. The van der Waals surface area contributed by atoms with Crippen molar-refractivity contribution < 1.29 is 19.4 Å². The van der Waals surface area contributed by atoms with Crippen LogP contribution in [0, 0.1) is 13.8 Å². The first kappa shape index (κ1) is 14.3. The van der Waals surface area contributed by atoms with Crippen molar-refractivity contribution in [2.24, 2.45) is 0 Å². The zero-order chi connectivity index (χ0) is 13.7. The first-order chi connectivity index (χ1) is 8.49. The maximum Gasteiger partial charge on any atom is 0.328 e. The molecule has 0 aromatic heterocycles. The van der Waals surface area contributed by atoms with Gasteiger partial charge >= 0.3 is 5.97 Å². The van der Waals surface area contributed by atoms with Gasteiger partial charge in [0, 0.05) is 18.7 Å². The summed E-state index contributed by atoms with van der Waals surface area (Å²) in [6.45, 7) is 4.12. The van der Waals surface area contributed by atoms with Crippen molar-refractivity contribution in [1.29, 1.82) is 0 Å². The number of rotatable bonds is 5. The lowest BCUT2D eigenvalue weighted by Gasteiger charge is -2.15. The van der Waals surface area contributed by atoms with E-state index in [2.05, 4.69) is 0 Å². The molecule has 0 spiro atoms. The largest absolute Gasteiger partial charge is 0.496 e. The third-order valence-electron chi connectivity index (χ3n) is 2.58. The summed E-state index contributed by atoms with van der Waals surface area (Å²) in [5, 5.41) is 8.91. The topological polar surface area (TPSA) is 55.8 Å². The molecule has 0 saturated carbocycles. The number of hydrogen-bond donors (Lipinski definition) is 1. The Morgan fingerprint density at radius 3 is 2.50 bits per heavy atom. The van der Waals surface area contributed by atoms with Gasteiger partial charge in [0.25, 0.3) is 0 Å². The molecule has 1 N–H and O–H groups in total. The molecule has 0 aliphatic carbocycles. The quantitative estimate of drug-likeness (QED) is 0.815. The Kier molecular flexibility index (Phi) is 4.92. The number of aliphatic carboxylic acids is 1. The molecule has 1 rings (SSSR count). The monoisotopic (exact) mass is 250 g/mol. The summed E-state index contributed by atoms with van der Waals surface area (Å²) in [7, 11) is 3.11. The molecule has 18 heavy (non-hydrogen) atoms. The van der Waals surface area contributed by atoms with Crippen LogP contribution >= 0.6 is 0 Å². The fourth-order valence-electron chi connectivity index (χ4n) is 1.99. The van der Waals surface area contributed by atoms with Gasteiger partial charge in [0.05, 0.1) is 13.7 Å². The number of hydrogen-bond acceptors (Lipinski definition) is 3. The van der Waals surface area contributed by atoms with Crippen LogP contribution in [0.15, 0.2) is 18.2 Å². The van der Waals surface area contributed by atoms with Crippen LogP contribution in [0.1, 0.15) is 16.7 Å². The lowest BCUT2D eigenvalue weighted by Crippen LogP contribution is -2.03. The maximum absolute atomic E-state index is 10.9. The standard InChI is InChI=1S/C14H18O4/c1-9-5-10(2)14(12(6-9)18-4)11(8-17-3)7-13(15)16/h5-7H,8H2,1-4H3,(H,15,16)/b11-7+. The molecule has 4 nitrogen and oxygen atoms in total. The molecule has 0 heterocycles. The number of aryl methyl sites for hydroxylation is 2. The molecule has 4 heteroatoms. The second kappa shape index (κ2) is 6.21. The predicted molar refractivity (Wildman–Crippen MR) is 70.0 cm³/mol. The zero-order valence-electron chi connectivity index (χ0n) is 11.1. The van der Waals surface area contributed by atoms with Crippen molar-refractivity contribution in [2.75, 3.05) is 20.8 Å². The van der Waals surface area contributed by atoms with Crippen LogP contribution in [-0.4, -0.2) is 31.9 Å². The molecule has 0 radical (unpaired) electrons. The Morgan fingerprint density at radius 1 is 1.33 bits per heavy atom. The summed E-state index contributed by atoms with van der Waals surface area (Å²) in [5.41, 5.74) is 3.42. The minimum atomic E-state index is -0.996. The smallest absolute Gasteiger partial charge is 0.328 e. The van der Waals surface area contributed by atoms with Crippen LogP contribution in [0.5, 0.6) is 5.75 Å². The Bertz CT molecular complexity index is 475. The average Bonchev–Trinajstić information content (AvgIpc) is 2.26. The van der Waals surface area contributed by atoms with E-state index < -0.39 is 5.97 Å². The van der Waals surface area contributed by atoms with E-state index >= 15 is 0 Å². The van der Waals surface area contributed by atoms with E-state index in [-0.39, 0.29) is 6.61 Å². The van der Waals surface area contributed by atoms with Crippen molar-refractivity contribution in [1.82, 2.24) is 0 Å². The lowest BCUT2D eigenvalue weighted by molar-refractivity contribution is -0.131. The Morgan fingerprint density at radius 2 is 2.00 bits per heavy atom. The fraction of sp³-hybridized carbons (Fsp3) is 0.357. The molecule has 0 bridgehead atoms. The van der Waals surface area contributed by atoms with E-state index in [1.54, 1.807) is 7.11 Å². The minimum absolute atomic E-state index is 0.229. The third kappa shape index (κ3) is 3.34. The third-order valence-corrected chi connectivity index (χ3v) is 2.58. The fourth-order valence-corrected chi connectivity index (χ4v) is 1.99. The molecule has 0 atom stereocenters. The van der Waals surface area contributed by atoms with Crippen LogP contribution in [0.3, 0.4) is 0 Å². The molecule has 0 amide bonds. The number of benzene rings is 1. The first-order valence-electron chi connectivity index (χ1n) is 5.57. The summed E-state index contributed by atoms with van der Waals surface area (Å²) < 4.78 is 10.4. The highest BCUT2D eigenvalue weighted by Crippen LogP contribution is 2.31. The molecular weight excluding hydrogens is 232 g/mol.